The van der Waals surface area contributed by atoms with Gasteiger partial charge in [0.25, 0.3) is 0 Å². The molecule has 2 saturated heterocycles. The third-order valence-corrected chi connectivity index (χ3v) is 3.61. The Kier molecular flexibility index (Phi) is 9.83. The van der Waals surface area contributed by atoms with Crippen LogP contribution in [0.3, 0.4) is 0 Å². The number of carbonyl (C=O) groups excluding carboxylic acids is 1. The van der Waals surface area contributed by atoms with Crippen molar-refractivity contribution in [3.8, 4) is 0 Å². The van der Waals surface area contributed by atoms with E-state index in [1.54, 1.807) is 0 Å². The summed E-state index contributed by atoms with van der Waals surface area (Å²) in [7, 11) is 0. The van der Waals surface area contributed by atoms with Crippen molar-refractivity contribution < 1.29 is 4.79 Å². The molecule has 0 saturated carbocycles. The Morgan fingerprint density at radius 3 is 2.56 bits per heavy atom. The van der Waals surface area contributed by atoms with Gasteiger partial charge in [0.1, 0.15) is 0 Å². The van der Waals surface area contributed by atoms with E-state index in [2.05, 4.69) is 15.5 Å². The summed E-state index contributed by atoms with van der Waals surface area (Å²) >= 11 is 0. The number of hydrogen-bond donors (Lipinski definition) is 2. The summed E-state index contributed by atoms with van der Waals surface area (Å²) in [6, 6.07) is 0. The molecular weight excluding hydrogens is 273 g/mol. The van der Waals surface area contributed by atoms with Crippen LogP contribution in [0.2, 0.25) is 0 Å². The van der Waals surface area contributed by atoms with Gasteiger partial charge in [0.05, 0.1) is 5.92 Å². The summed E-state index contributed by atoms with van der Waals surface area (Å²) in [5.41, 5.74) is 0. The number of likely N-dealkylation sites (tertiary alicyclic amines) is 1. The average Bonchev–Trinajstić information content (AvgIpc) is 2.84. The molecule has 2 fully saturated rings. The molecule has 2 N–H and O–H groups in total. The molecule has 108 valence electrons. The highest BCUT2D eigenvalue weighted by atomic mass is 35.5. The maximum absolute atomic E-state index is 11.7. The zero-order valence-electron chi connectivity index (χ0n) is 10.8. The van der Waals surface area contributed by atoms with E-state index in [0.29, 0.717) is 0 Å². The molecule has 2 heterocycles. The summed E-state index contributed by atoms with van der Waals surface area (Å²) in [6.45, 7) is 6.10. The van der Waals surface area contributed by atoms with Crippen molar-refractivity contribution >= 4 is 30.7 Å². The molecule has 0 spiro atoms. The highest BCUT2D eigenvalue weighted by Crippen LogP contribution is 2.08. The number of hydrogen-bond acceptors (Lipinski definition) is 3. The number of amides is 1. The van der Waals surface area contributed by atoms with Crippen molar-refractivity contribution in [1.82, 2.24) is 15.5 Å². The zero-order valence-corrected chi connectivity index (χ0v) is 12.5. The quantitative estimate of drug-likeness (QED) is 0.815. The van der Waals surface area contributed by atoms with E-state index in [-0.39, 0.29) is 36.6 Å². The monoisotopic (exact) mass is 297 g/mol. The van der Waals surface area contributed by atoms with Crippen LogP contribution in [0.1, 0.15) is 25.7 Å². The van der Waals surface area contributed by atoms with Gasteiger partial charge in [-0.1, -0.05) is 6.42 Å². The first-order valence-electron chi connectivity index (χ1n) is 6.57. The Labute approximate surface area is 122 Å². The Bertz CT molecular complexity index is 229. The predicted molar refractivity (Wildman–Crippen MR) is 78.8 cm³/mol. The highest BCUT2D eigenvalue weighted by Gasteiger charge is 2.21. The third kappa shape index (κ3) is 5.74. The maximum atomic E-state index is 11.7. The second kappa shape index (κ2) is 9.84. The van der Waals surface area contributed by atoms with Crippen LogP contribution in [-0.4, -0.2) is 50.1 Å². The van der Waals surface area contributed by atoms with E-state index in [4.69, 9.17) is 0 Å². The minimum absolute atomic E-state index is 0. The first kappa shape index (κ1) is 18.0. The van der Waals surface area contributed by atoms with E-state index in [0.717, 1.165) is 32.6 Å². The molecule has 0 aromatic rings. The van der Waals surface area contributed by atoms with Crippen LogP contribution >= 0.6 is 24.8 Å². The van der Waals surface area contributed by atoms with Crippen molar-refractivity contribution in [2.75, 3.05) is 39.3 Å². The van der Waals surface area contributed by atoms with E-state index >= 15 is 0 Å². The Hall–Kier alpha value is -0.0300. The van der Waals surface area contributed by atoms with Crippen LogP contribution in [0.5, 0.6) is 0 Å². The normalized spacial score (nSPS) is 23.9. The van der Waals surface area contributed by atoms with Gasteiger partial charge in [-0.25, -0.2) is 0 Å². The average molecular weight is 298 g/mol. The van der Waals surface area contributed by atoms with Gasteiger partial charge < -0.3 is 15.5 Å². The van der Waals surface area contributed by atoms with E-state index in [9.17, 15) is 4.79 Å². The Morgan fingerprint density at radius 1 is 1.22 bits per heavy atom. The topological polar surface area (TPSA) is 44.4 Å². The maximum Gasteiger partial charge on any atom is 0.224 e. The fraction of sp³-hybridized carbons (Fsp3) is 0.917. The van der Waals surface area contributed by atoms with Crippen molar-refractivity contribution in [2.24, 2.45) is 5.92 Å². The summed E-state index contributed by atoms with van der Waals surface area (Å²) in [4.78, 5) is 14.2. The third-order valence-electron chi connectivity index (χ3n) is 3.61. The number of nitrogens with zero attached hydrogens (tertiary/aromatic N) is 1. The lowest BCUT2D eigenvalue weighted by molar-refractivity contribution is -0.124. The minimum Gasteiger partial charge on any atom is -0.355 e. The molecule has 1 amide bonds. The summed E-state index contributed by atoms with van der Waals surface area (Å²) in [5, 5.41) is 6.27. The van der Waals surface area contributed by atoms with Gasteiger partial charge in [-0.15, -0.1) is 24.8 Å². The molecule has 2 aliphatic heterocycles. The molecule has 2 rings (SSSR count). The van der Waals surface area contributed by atoms with E-state index in [1.165, 1.54) is 32.4 Å². The van der Waals surface area contributed by atoms with Crippen LogP contribution in [-0.2, 0) is 4.79 Å². The second-order valence-corrected chi connectivity index (χ2v) is 4.88. The van der Waals surface area contributed by atoms with Crippen molar-refractivity contribution in [1.29, 1.82) is 0 Å². The fourth-order valence-corrected chi connectivity index (χ4v) is 2.54. The lowest BCUT2D eigenvalue weighted by Crippen LogP contribution is -2.40. The molecule has 0 radical (unpaired) electrons. The lowest BCUT2D eigenvalue weighted by Gasteiger charge is -2.26. The van der Waals surface area contributed by atoms with Crippen LogP contribution in [0, 0.1) is 5.92 Å². The highest BCUT2D eigenvalue weighted by molar-refractivity contribution is 5.85. The molecule has 4 nitrogen and oxygen atoms in total. The van der Waals surface area contributed by atoms with Gasteiger partial charge in [-0.3, -0.25) is 4.79 Å². The predicted octanol–water partition coefficient (Wildman–Crippen LogP) is 1.04. The van der Waals surface area contributed by atoms with Gasteiger partial charge >= 0.3 is 0 Å². The van der Waals surface area contributed by atoms with Gasteiger partial charge in [-0.2, -0.15) is 0 Å². The Morgan fingerprint density at radius 2 is 1.94 bits per heavy atom. The zero-order chi connectivity index (χ0) is 11.2. The van der Waals surface area contributed by atoms with Crippen molar-refractivity contribution in [3.05, 3.63) is 0 Å². The first-order valence-corrected chi connectivity index (χ1v) is 6.57. The number of rotatable bonds is 4. The molecule has 0 bridgehead atoms. The lowest BCUT2D eigenvalue weighted by atomic mass is 10.1. The molecule has 1 unspecified atom stereocenters. The molecule has 2 aliphatic rings. The molecule has 18 heavy (non-hydrogen) atoms. The standard InChI is InChI=1S/C12H23N3O.2ClH/c16-12(11-4-5-13-10-11)14-6-9-15-7-2-1-3-8-15;;/h11,13H,1-10H2,(H,14,16);2*1H. The van der Waals surface area contributed by atoms with Crippen LogP contribution in [0.25, 0.3) is 0 Å². The number of halogens is 2. The molecular formula is C12H25Cl2N3O. The van der Waals surface area contributed by atoms with Gasteiger partial charge in [0.15, 0.2) is 0 Å². The van der Waals surface area contributed by atoms with Crippen LogP contribution < -0.4 is 10.6 Å². The van der Waals surface area contributed by atoms with Gasteiger partial charge in [-0.05, 0) is 38.9 Å². The van der Waals surface area contributed by atoms with Crippen molar-refractivity contribution in [3.63, 3.8) is 0 Å². The van der Waals surface area contributed by atoms with Crippen LogP contribution in [0.15, 0.2) is 0 Å². The molecule has 0 aromatic heterocycles. The molecule has 6 heteroatoms. The smallest absolute Gasteiger partial charge is 0.224 e. The minimum atomic E-state index is 0. The Balaban J connectivity index is 0.00000144. The molecule has 1 atom stereocenters. The van der Waals surface area contributed by atoms with Crippen LogP contribution in [0.4, 0.5) is 0 Å². The first-order chi connectivity index (χ1) is 7.86. The largest absolute Gasteiger partial charge is 0.355 e. The van der Waals surface area contributed by atoms with Crippen molar-refractivity contribution in [2.45, 2.75) is 25.7 Å². The van der Waals surface area contributed by atoms with Gasteiger partial charge in [0, 0.05) is 19.6 Å². The number of carbonyl (C=O) groups is 1. The van der Waals surface area contributed by atoms with Gasteiger partial charge in [0.2, 0.25) is 5.91 Å². The van der Waals surface area contributed by atoms with E-state index < -0.39 is 0 Å². The second-order valence-electron chi connectivity index (χ2n) is 4.88. The fourth-order valence-electron chi connectivity index (χ4n) is 2.54. The SMILES string of the molecule is Cl.Cl.O=C(NCCN1CCCCC1)C1CCNC1. The van der Waals surface area contributed by atoms with E-state index in [1.807, 2.05) is 0 Å². The summed E-state index contributed by atoms with van der Waals surface area (Å²) < 4.78 is 0. The summed E-state index contributed by atoms with van der Waals surface area (Å²) in [5.74, 6) is 0.448. The molecule has 0 aromatic carbocycles. The molecule has 0 aliphatic carbocycles. The number of nitrogens with one attached hydrogen (secondary N) is 2. The number of piperidine rings is 1. The summed E-state index contributed by atoms with van der Waals surface area (Å²) in [6.07, 6.45) is 5.01.